The van der Waals surface area contributed by atoms with Crippen LogP contribution in [-0.4, -0.2) is 40.9 Å². The van der Waals surface area contributed by atoms with Gasteiger partial charge in [0.2, 0.25) is 11.8 Å². The number of carbonyl (C=O) groups excluding carboxylic acids is 2. The van der Waals surface area contributed by atoms with E-state index in [0.29, 0.717) is 18.7 Å². The van der Waals surface area contributed by atoms with E-state index in [2.05, 4.69) is 5.32 Å². The van der Waals surface area contributed by atoms with Gasteiger partial charge in [0.25, 0.3) is 0 Å². The van der Waals surface area contributed by atoms with Crippen molar-refractivity contribution in [1.29, 1.82) is 0 Å². The van der Waals surface area contributed by atoms with Crippen molar-refractivity contribution in [2.45, 2.75) is 19.8 Å². The summed E-state index contributed by atoms with van der Waals surface area (Å²) < 4.78 is 0. The highest BCUT2D eigenvalue weighted by atomic mass is 16.4. The van der Waals surface area contributed by atoms with Crippen molar-refractivity contribution in [2.24, 2.45) is 0 Å². The molecule has 2 amide bonds. The Morgan fingerprint density at radius 1 is 1.40 bits per heavy atom. The zero-order chi connectivity index (χ0) is 14.7. The predicted octanol–water partition coefficient (Wildman–Crippen LogP) is 1.25. The number of rotatable bonds is 4. The molecule has 0 aromatic heterocycles. The zero-order valence-electron chi connectivity index (χ0n) is 11.2. The number of likely N-dealkylation sites (tertiary alicyclic amines) is 1. The summed E-state index contributed by atoms with van der Waals surface area (Å²) in [5, 5.41) is 11.6. The van der Waals surface area contributed by atoms with E-state index in [1.54, 1.807) is 13.0 Å². The fourth-order valence-corrected chi connectivity index (χ4v) is 2.12. The van der Waals surface area contributed by atoms with Crippen LogP contribution in [0.25, 0.3) is 0 Å². The number of hydrogen-bond acceptors (Lipinski definition) is 3. The summed E-state index contributed by atoms with van der Waals surface area (Å²) >= 11 is 0. The van der Waals surface area contributed by atoms with Gasteiger partial charge in [-0.05, 0) is 31.0 Å². The number of benzene rings is 1. The summed E-state index contributed by atoms with van der Waals surface area (Å²) in [6, 6.07) is 4.54. The lowest BCUT2D eigenvalue weighted by Gasteiger charge is -2.16. The number of aromatic carboxylic acids is 1. The summed E-state index contributed by atoms with van der Waals surface area (Å²) in [6.07, 6.45) is 1.26. The van der Waals surface area contributed by atoms with E-state index < -0.39 is 5.97 Å². The standard InChI is InChI=1S/C14H16N2O4/c1-9-4-5-10(14(19)20)7-11(9)15-12(17)8-16-6-2-3-13(16)18/h4-5,7H,2-3,6,8H2,1H3,(H,15,17)(H,19,20). The second kappa shape index (κ2) is 5.73. The molecule has 6 heteroatoms. The first-order valence-electron chi connectivity index (χ1n) is 6.39. The Hall–Kier alpha value is -2.37. The molecule has 1 aromatic rings. The van der Waals surface area contributed by atoms with E-state index >= 15 is 0 Å². The van der Waals surface area contributed by atoms with Gasteiger partial charge in [-0.3, -0.25) is 9.59 Å². The van der Waals surface area contributed by atoms with Crippen LogP contribution in [-0.2, 0) is 9.59 Å². The Morgan fingerprint density at radius 2 is 2.15 bits per heavy atom. The fourth-order valence-electron chi connectivity index (χ4n) is 2.12. The van der Waals surface area contributed by atoms with Gasteiger partial charge in [0, 0.05) is 18.7 Å². The highest BCUT2D eigenvalue weighted by Crippen LogP contribution is 2.17. The first kappa shape index (κ1) is 14.0. The molecule has 2 N–H and O–H groups in total. The quantitative estimate of drug-likeness (QED) is 0.866. The van der Waals surface area contributed by atoms with Crippen LogP contribution in [0.5, 0.6) is 0 Å². The number of nitrogens with zero attached hydrogens (tertiary/aromatic N) is 1. The van der Waals surface area contributed by atoms with Crippen molar-refractivity contribution in [2.75, 3.05) is 18.4 Å². The van der Waals surface area contributed by atoms with Crippen molar-refractivity contribution < 1.29 is 19.5 Å². The van der Waals surface area contributed by atoms with E-state index in [-0.39, 0.29) is 23.9 Å². The topological polar surface area (TPSA) is 86.7 Å². The van der Waals surface area contributed by atoms with Crippen molar-refractivity contribution in [3.05, 3.63) is 29.3 Å². The molecule has 6 nitrogen and oxygen atoms in total. The highest BCUT2D eigenvalue weighted by Gasteiger charge is 2.22. The summed E-state index contributed by atoms with van der Waals surface area (Å²) in [5.74, 6) is -1.38. The number of nitrogens with one attached hydrogen (secondary N) is 1. The second-order valence-electron chi connectivity index (χ2n) is 4.80. The van der Waals surface area contributed by atoms with E-state index in [0.717, 1.165) is 12.0 Å². The van der Waals surface area contributed by atoms with Crippen molar-refractivity contribution in [1.82, 2.24) is 4.90 Å². The maximum Gasteiger partial charge on any atom is 0.335 e. The molecule has 0 aliphatic carbocycles. The third-order valence-corrected chi connectivity index (χ3v) is 3.26. The predicted molar refractivity (Wildman–Crippen MR) is 72.6 cm³/mol. The molecule has 0 radical (unpaired) electrons. The van der Waals surface area contributed by atoms with E-state index in [4.69, 9.17) is 5.11 Å². The molecule has 0 saturated carbocycles. The summed E-state index contributed by atoms with van der Waals surface area (Å²) in [5.41, 5.74) is 1.35. The molecule has 2 rings (SSSR count). The molecule has 1 heterocycles. The molecule has 0 unspecified atom stereocenters. The van der Waals surface area contributed by atoms with Gasteiger partial charge in [-0.25, -0.2) is 4.79 Å². The van der Waals surface area contributed by atoms with Gasteiger partial charge in [0.05, 0.1) is 12.1 Å². The van der Waals surface area contributed by atoms with Gasteiger partial charge in [0.15, 0.2) is 0 Å². The van der Waals surface area contributed by atoms with Crippen LogP contribution in [0.4, 0.5) is 5.69 Å². The smallest absolute Gasteiger partial charge is 0.335 e. The van der Waals surface area contributed by atoms with Crippen molar-refractivity contribution >= 4 is 23.5 Å². The summed E-state index contributed by atoms with van der Waals surface area (Å²) in [7, 11) is 0. The van der Waals surface area contributed by atoms with Gasteiger partial charge in [-0.2, -0.15) is 0 Å². The Kier molecular flexibility index (Phi) is 4.02. The average molecular weight is 276 g/mol. The van der Waals surface area contributed by atoms with Crippen LogP contribution in [0, 0.1) is 6.92 Å². The van der Waals surface area contributed by atoms with Crippen molar-refractivity contribution in [3.63, 3.8) is 0 Å². The van der Waals surface area contributed by atoms with Crippen LogP contribution >= 0.6 is 0 Å². The van der Waals surface area contributed by atoms with Gasteiger partial charge in [-0.1, -0.05) is 6.07 Å². The molecule has 0 spiro atoms. The van der Waals surface area contributed by atoms with Crippen LogP contribution < -0.4 is 5.32 Å². The van der Waals surface area contributed by atoms with E-state index in [9.17, 15) is 14.4 Å². The lowest BCUT2D eigenvalue weighted by atomic mass is 10.1. The molecule has 1 aliphatic rings. The molecule has 1 aliphatic heterocycles. The number of carboxylic acids is 1. The normalized spacial score (nSPS) is 14.4. The van der Waals surface area contributed by atoms with Gasteiger partial charge in [-0.15, -0.1) is 0 Å². The Bertz CT molecular complexity index is 568. The molecular formula is C14H16N2O4. The minimum Gasteiger partial charge on any atom is -0.478 e. The van der Waals surface area contributed by atoms with Crippen LogP contribution in [0.1, 0.15) is 28.8 Å². The molecule has 0 bridgehead atoms. The van der Waals surface area contributed by atoms with Crippen LogP contribution in [0.2, 0.25) is 0 Å². The molecule has 20 heavy (non-hydrogen) atoms. The molecule has 0 atom stereocenters. The maximum absolute atomic E-state index is 11.9. The fraction of sp³-hybridized carbons (Fsp3) is 0.357. The first-order chi connectivity index (χ1) is 9.47. The zero-order valence-corrected chi connectivity index (χ0v) is 11.2. The molecule has 1 aromatic carbocycles. The Morgan fingerprint density at radius 3 is 2.75 bits per heavy atom. The number of aryl methyl sites for hydroxylation is 1. The molecular weight excluding hydrogens is 260 g/mol. The third kappa shape index (κ3) is 3.14. The SMILES string of the molecule is Cc1ccc(C(=O)O)cc1NC(=O)CN1CCCC1=O. The Balaban J connectivity index is 2.05. The second-order valence-corrected chi connectivity index (χ2v) is 4.80. The van der Waals surface area contributed by atoms with Crippen LogP contribution in [0.15, 0.2) is 18.2 Å². The van der Waals surface area contributed by atoms with E-state index in [1.807, 2.05) is 0 Å². The molecule has 1 fully saturated rings. The van der Waals surface area contributed by atoms with Crippen LogP contribution in [0.3, 0.4) is 0 Å². The lowest BCUT2D eigenvalue weighted by Crippen LogP contribution is -2.34. The molecule has 106 valence electrons. The Labute approximate surface area is 116 Å². The lowest BCUT2D eigenvalue weighted by molar-refractivity contribution is -0.131. The minimum atomic E-state index is -1.05. The largest absolute Gasteiger partial charge is 0.478 e. The van der Waals surface area contributed by atoms with Gasteiger partial charge < -0.3 is 15.3 Å². The first-order valence-corrected chi connectivity index (χ1v) is 6.39. The number of carbonyl (C=O) groups is 3. The average Bonchev–Trinajstić information content (AvgIpc) is 2.77. The number of amides is 2. The van der Waals surface area contributed by atoms with Crippen molar-refractivity contribution in [3.8, 4) is 0 Å². The highest BCUT2D eigenvalue weighted by molar-refractivity contribution is 5.97. The monoisotopic (exact) mass is 276 g/mol. The number of anilines is 1. The maximum atomic E-state index is 11.9. The summed E-state index contributed by atoms with van der Waals surface area (Å²) in [4.78, 5) is 35.7. The van der Waals surface area contributed by atoms with Gasteiger partial charge >= 0.3 is 5.97 Å². The summed E-state index contributed by atoms with van der Waals surface area (Å²) in [6.45, 7) is 2.39. The minimum absolute atomic E-state index is 0.00950. The van der Waals surface area contributed by atoms with Gasteiger partial charge in [0.1, 0.15) is 0 Å². The molecule has 1 saturated heterocycles. The third-order valence-electron chi connectivity index (χ3n) is 3.26. The number of hydrogen-bond donors (Lipinski definition) is 2. The number of carboxylic acid groups (broad SMARTS) is 1. The van der Waals surface area contributed by atoms with E-state index in [1.165, 1.54) is 17.0 Å².